The van der Waals surface area contributed by atoms with Gasteiger partial charge in [0.2, 0.25) is 0 Å². The number of rotatable bonds is 1. The normalized spacial score (nSPS) is 33.8. The Bertz CT molecular complexity index is 476. The van der Waals surface area contributed by atoms with Crippen LogP contribution >= 0.6 is 0 Å². The molecule has 1 saturated carbocycles. The number of halogens is 1. The van der Waals surface area contributed by atoms with Crippen LogP contribution in [0.3, 0.4) is 0 Å². The summed E-state index contributed by atoms with van der Waals surface area (Å²) in [5, 5.41) is 10.3. The highest BCUT2D eigenvalue weighted by Crippen LogP contribution is 2.47. The lowest BCUT2D eigenvalue weighted by Gasteiger charge is -2.47. The van der Waals surface area contributed by atoms with E-state index in [0.29, 0.717) is 17.7 Å². The first-order chi connectivity index (χ1) is 9.14. The maximum atomic E-state index is 13.3. The molecular formula is C15H19FO3. The molecule has 1 aliphatic heterocycles. The zero-order chi connectivity index (χ0) is 13.5. The fraction of sp³-hybridized carbons (Fsp3) is 0.600. The smallest absolute Gasteiger partial charge is 0.138 e. The van der Waals surface area contributed by atoms with Crippen LogP contribution in [-0.2, 0) is 4.74 Å². The second-order valence-corrected chi connectivity index (χ2v) is 5.54. The summed E-state index contributed by atoms with van der Waals surface area (Å²) in [6.45, 7) is 0. The maximum Gasteiger partial charge on any atom is 0.138 e. The quantitative estimate of drug-likeness (QED) is 0.849. The summed E-state index contributed by atoms with van der Waals surface area (Å²) in [5.74, 6) is 0.244. The Labute approximate surface area is 112 Å². The third-order valence-corrected chi connectivity index (χ3v) is 4.37. The van der Waals surface area contributed by atoms with Gasteiger partial charge in [0.05, 0.1) is 12.2 Å². The van der Waals surface area contributed by atoms with Crippen molar-refractivity contribution >= 4 is 0 Å². The van der Waals surface area contributed by atoms with Crippen LogP contribution in [0.1, 0.15) is 43.8 Å². The van der Waals surface area contributed by atoms with E-state index < -0.39 is 11.7 Å². The molecule has 0 bridgehead atoms. The molecule has 1 aromatic rings. The van der Waals surface area contributed by atoms with E-state index in [-0.39, 0.29) is 11.9 Å². The van der Waals surface area contributed by atoms with Crippen molar-refractivity contribution in [3.8, 4) is 5.75 Å². The Morgan fingerprint density at radius 3 is 3.05 bits per heavy atom. The van der Waals surface area contributed by atoms with Gasteiger partial charge < -0.3 is 14.6 Å². The van der Waals surface area contributed by atoms with Gasteiger partial charge in [0.15, 0.2) is 0 Å². The molecule has 2 unspecified atom stereocenters. The molecule has 104 valence electrons. The Balaban J connectivity index is 1.97. The van der Waals surface area contributed by atoms with Crippen molar-refractivity contribution in [1.29, 1.82) is 0 Å². The van der Waals surface area contributed by atoms with Gasteiger partial charge in [0.25, 0.3) is 0 Å². The van der Waals surface area contributed by atoms with Crippen LogP contribution in [0.2, 0.25) is 0 Å². The first-order valence-corrected chi connectivity index (χ1v) is 6.84. The van der Waals surface area contributed by atoms with E-state index in [4.69, 9.17) is 9.47 Å². The molecule has 0 saturated heterocycles. The molecule has 1 heterocycles. The monoisotopic (exact) mass is 266 g/mol. The van der Waals surface area contributed by atoms with Crippen molar-refractivity contribution in [2.24, 2.45) is 0 Å². The number of hydrogen-bond donors (Lipinski definition) is 1. The highest BCUT2D eigenvalue weighted by Gasteiger charge is 2.48. The minimum atomic E-state index is -0.685. The molecule has 1 spiro atoms. The van der Waals surface area contributed by atoms with Gasteiger partial charge in [0, 0.05) is 19.1 Å². The molecule has 0 aromatic heterocycles. The van der Waals surface area contributed by atoms with Gasteiger partial charge in [-0.05, 0) is 37.5 Å². The summed E-state index contributed by atoms with van der Waals surface area (Å²) in [6.07, 6.45) is 3.80. The molecule has 3 nitrogen and oxygen atoms in total. The number of ether oxygens (including phenoxy) is 2. The van der Waals surface area contributed by atoms with Gasteiger partial charge >= 0.3 is 0 Å². The van der Waals surface area contributed by atoms with E-state index in [1.807, 2.05) is 0 Å². The molecule has 1 aliphatic carbocycles. The zero-order valence-electron chi connectivity index (χ0n) is 11.1. The molecule has 19 heavy (non-hydrogen) atoms. The second-order valence-electron chi connectivity index (χ2n) is 5.54. The van der Waals surface area contributed by atoms with Crippen molar-refractivity contribution in [3.63, 3.8) is 0 Å². The minimum Gasteiger partial charge on any atom is -0.484 e. The van der Waals surface area contributed by atoms with Gasteiger partial charge in [-0.2, -0.15) is 0 Å². The molecule has 0 amide bonds. The molecule has 1 aromatic carbocycles. The Morgan fingerprint density at radius 1 is 1.42 bits per heavy atom. The fourth-order valence-electron chi connectivity index (χ4n) is 3.43. The standard InChI is InChI=1S/C15H19FO3/c1-18-14-4-2-3-7-15(14)9-12(17)11-8-10(16)5-6-13(11)19-15/h5-6,8,12,14,17H,2-4,7,9H2,1H3/t12-,14?,15?/m1/s1. The van der Waals surface area contributed by atoms with Crippen LogP contribution in [-0.4, -0.2) is 23.9 Å². The first-order valence-electron chi connectivity index (χ1n) is 6.84. The molecule has 1 N–H and O–H groups in total. The highest BCUT2D eigenvalue weighted by molar-refractivity contribution is 5.39. The summed E-state index contributed by atoms with van der Waals surface area (Å²) in [4.78, 5) is 0. The van der Waals surface area contributed by atoms with Crippen molar-refractivity contribution < 1.29 is 19.0 Å². The fourth-order valence-corrected chi connectivity index (χ4v) is 3.43. The maximum absolute atomic E-state index is 13.3. The van der Waals surface area contributed by atoms with Gasteiger partial charge in [-0.15, -0.1) is 0 Å². The lowest BCUT2D eigenvalue weighted by atomic mass is 9.75. The summed E-state index contributed by atoms with van der Waals surface area (Å²) < 4.78 is 25.0. The third kappa shape index (κ3) is 2.13. The number of methoxy groups -OCH3 is 1. The van der Waals surface area contributed by atoms with Crippen molar-refractivity contribution in [2.75, 3.05) is 7.11 Å². The minimum absolute atomic E-state index is 0.00546. The van der Waals surface area contributed by atoms with Crippen LogP contribution in [0.25, 0.3) is 0 Å². The molecular weight excluding hydrogens is 247 g/mol. The molecule has 1 fully saturated rings. The van der Waals surface area contributed by atoms with E-state index in [9.17, 15) is 9.50 Å². The Hall–Kier alpha value is -1.13. The van der Waals surface area contributed by atoms with E-state index in [2.05, 4.69) is 0 Å². The second kappa shape index (κ2) is 4.76. The predicted molar refractivity (Wildman–Crippen MR) is 68.6 cm³/mol. The summed E-state index contributed by atoms with van der Waals surface area (Å²) in [5.41, 5.74) is 0.0862. The predicted octanol–water partition coefficient (Wildman–Crippen LogP) is 2.97. The van der Waals surface area contributed by atoms with Gasteiger partial charge in [0.1, 0.15) is 17.2 Å². The Kier molecular flexibility index (Phi) is 3.23. The number of hydrogen-bond acceptors (Lipinski definition) is 3. The number of aliphatic hydroxyl groups excluding tert-OH is 1. The van der Waals surface area contributed by atoms with Crippen LogP contribution in [0.5, 0.6) is 5.75 Å². The number of aliphatic hydroxyl groups is 1. The summed E-state index contributed by atoms with van der Waals surface area (Å²) in [7, 11) is 1.69. The van der Waals surface area contributed by atoms with E-state index >= 15 is 0 Å². The van der Waals surface area contributed by atoms with E-state index in [1.54, 1.807) is 13.2 Å². The van der Waals surface area contributed by atoms with Crippen LogP contribution in [0.15, 0.2) is 18.2 Å². The summed E-state index contributed by atoms with van der Waals surface area (Å²) in [6, 6.07) is 4.34. The third-order valence-electron chi connectivity index (χ3n) is 4.37. The number of fused-ring (bicyclic) bond motifs is 1. The molecule has 3 rings (SSSR count). The van der Waals surface area contributed by atoms with Crippen molar-refractivity contribution in [1.82, 2.24) is 0 Å². The lowest BCUT2D eigenvalue weighted by Crippen LogP contribution is -2.53. The SMILES string of the molecule is COC1CCCCC12C[C@@H](O)c1cc(F)ccc1O2. The zero-order valence-corrected chi connectivity index (χ0v) is 11.1. The van der Waals surface area contributed by atoms with E-state index in [1.165, 1.54) is 12.1 Å². The molecule has 0 radical (unpaired) electrons. The van der Waals surface area contributed by atoms with Crippen LogP contribution < -0.4 is 4.74 Å². The molecule has 4 heteroatoms. The lowest BCUT2D eigenvalue weighted by molar-refractivity contribution is -0.130. The van der Waals surface area contributed by atoms with Crippen LogP contribution in [0.4, 0.5) is 4.39 Å². The molecule has 3 atom stereocenters. The number of benzene rings is 1. The highest BCUT2D eigenvalue weighted by atomic mass is 19.1. The topological polar surface area (TPSA) is 38.7 Å². The van der Waals surface area contributed by atoms with Gasteiger partial charge in [-0.25, -0.2) is 4.39 Å². The van der Waals surface area contributed by atoms with Gasteiger partial charge in [-0.1, -0.05) is 6.42 Å². The summed E-state index contributed by atoms with van der Waals surface area (Å²) >= 11 is 0. The van der Waals surface area contributed by atoms with E-state index in [0.717, 1.165) is 25.7 Å². The molecule has 2 aliphatic rings. The van der Waals surface area contributed by atoms with Crippen molar-refractivity contribution in [3.05, 3.63) is 29.6 Å². The first kappa shape index (κ1) is 12.9. The van der Waals surface area contributed by atoms with Gasteiger partial charge in [-0.3, -0.25) is 0 Å². The Morgan fingerprint density at radius 2 is 2.26 bits per heavy atom. The van der Waals surface area contributed by atoms with Crippen LogP contribution in [0, 0.1) is 5.82 Å². The van der Waals surface area contributed by atoms with Crippen molar-refractivity contribution in [2.45, 2.75) is 49.9 Å². The average molecular weight is 266 g/mol. The average Bonchev–Trinajstić information content (AvgIpc) is 2.40. The largest absolute Gasteiger partial charge is 0.484 e.